The fraction of sp³-hybridized carbons (Fsp3) is 1.00. The summed E-state index contributed by atoms with van der Waals surface area (Å²) in [5.74, 6) is 2.26. The van der Waals surface area contributed by atoms with Crippen molar-refractivity contribution in [1.29, 1.82) is 0 Å². The van der Waals surface area contributed by atoms with Gasteiger partial charge in [-0.1, -0.05) is 34.6 Å². The Bertz CT molecular complexity index is 818. The molecule has 5 aliphatic rings. The molecule has 0 spiro atoms. The van der Waals surface area contributed by atoms with Crippen LogP contribution in [0.2, 0.25) is 18.1 Å². The number of hydrogen-bond acceptors (Lipinski definition) is 4. The number of ether oxygens (including phenoxy) is 2. The van der Waals surface area contributed by atoms with E-state index in [2.05, 4.69) is 61.6 Å². The molecular weight excluding hydrogens is 452 g/mol. The van der Waals surface area contributed by atoms with Crippen LogP contribution < -0.4 is 0 Å². The van der Waals surface area contributed by atoms with Crippen LogP contribution in [0.3, 0.4) is 0 Å². The molecule has 4 nitrogen and oxygen atoms in total. The van der Waals surface area contributed by atoms with E-state index in [9.17, 15) is 5.11 Å². The molecule has 0 aromatic heterocycles. The van der Waals surface area contributed by atoms with Gasteiger partial charge in [0, 0.05) is 6.10 Å². The Balaban J connectivity index is 1.47. The minimum Gasteiger partial charge on any atom is -0.414 e. The predicted molar refractivity (Wildman–Crippen MR) is 144 cm³/mol. The molecule has 5 rings (SSSR count). The van der Waals surface area contributed by atoms with Crippen LogP contribution in [-0.2, 0) is 13.9 Å². The Labute approximate surface area is 216 Å². The van der Waals surface area contributed by atoms with Gasteiger partial charge in [-0.05, 0) is 124 Å². The van der Waals surface area contributed by atoms with Crippen LogP contribution in [0.25, 0.3) is 0 Å². The number of rotatable bonds is 3. The van der Waals surface area contributed by atoms with Crippen molar-refractivity contribution in [3.05, 3.63) is 0 Å². The number of fused-ring (bicyclic) bond motifs is 8. The van der Waals surface area contributed by atoms with Gasteiger partial charge in [-0.25, -0.2) is 0 Å². The highest BCUT2D eigenvalue weighted by Crippen LogP contribution is 2.70. The summed E-state index contributed by atoms with van der Waals surface area (Å²) in [6.07, 6.45) is 8.93. The molecule has 1 N–H and O–H groups in total. The minimum atomic E-state index is -1.81. The standard InChI is InChI=1S/C30H54O4Si/c1-18(31)20-11-12-21-24-22(14-16-29(20,21)7)30(8)15-13-19(34-35(9,10)27(2,3)4)17-23(30)25-26(24)33-28(5,6)32-25/h18-26,31H,11-17H2,1-10H3/t18?,19-,20+,21?,22?,23?,24?,25+,26+,29+,30+/m0/s1. The fourth-order valence-electron chi connectivity index (χ4n) is 9.68. The molecule has 4 aliphatic carbocycles. The quantitative estimate of drug-likeness (QED) is 0.413. The lowest BCUT2D eigenvalue weighted by Crippen LogP contribution is -2.64. The van der Waals surface area contributed by atoms with E-state index >= 15 is 0 Å². The van der Waals surface area contributed by atoms with Crippen molar-refractivity contribution >= 4 is 8.32 Å². The van der Waals surface area contributed by atoms with Gasteiger partial charge in [0.05, 0.1) is 18.3 Å². The molecule has 0 aromatic rings. The molecule has 35 heavy (non-hydrogen) atoms. The molecule has 0 bridgehead atoms. The fourth-order valence-corrected chi connectivity index (χ4v) is 11.1. The Morgan fingerprint density at radius 3 is 2.09 bits per heavy atom. The summed E-state index contributed by atoms with van der Waals surface area (Å²) in [5.41, 5.74) is 0.509. The van der Waals surface area contributed by atoms with Crippen molar-refractivity contribution in [3.8, 4) is 0 Å². The zero-order chi connectivity index (χ0) is 25.8. The number of aliphatic hydroxyl groups excluding tert-OH is 1. The lowest BCUT2D eigenvalue weighted by molar-refractivity contribution is -0.190. The van der Waals surface area contributed by atoms with E-state index in [4.69, 9.17) is 13.9 Å². The van der Waals surface area contributed by atoms with E-state index in [1.54, 1.807) is 0 Å². The maximum atomic E-state index is 10.7. The van der Waals surface area contributed by atoms with Crippen LogP contribution in [0, 0.1) is 40.4 Å². The van der Waals surface area contributed by atoms with Crippen LogP contribution >= 0.6 is 0 Å². The predicted octanol–water partition coefficient (Wildman–Crippen LogP) is 7.16. The average Bonchev–Trinajstić information content (AvgIpc) is 3.23. The lowest BCUT2D eigenvalue weighted by Gasteiger charge is -2.63. The van der Waals surface area contributed by atoms with Crippen molar-refractivity contribution in [1.82, 2.24) is 0 Å². The van der Waals surface area contributed by atoms with Crippen molar-refractivity contribution in [3.63, 3.8) is 0 Å². The third-order valence-electron chi connectivity index (χ3n) is 12.4. The Morgan fingerprint density at radius 2 is 1.46 bits per heavy atom. The second-order valence-electron chi connectivity index (χ2n) is 15.7. The first-order chi connectivity index (χ1) is 16.0. The molecule has 4 saturated carbocycles. The maximum absolute atomic E-state index is 10.7. The average molecular weight is 507 g/mol. The summed E-state index contributed by atoms with van der Waals surface area (Å²) < 4.78 is 20.7. The van der Waals surface area contributed by atoms with Crippen molar-refractivity contribution < 1.29 is 19.0 Å². The zero-order valence-electron chi connectivity index (χ0n) is 24.3. The van der Waals surface area contributed by atoms with E-state index < -0.39 is 14.1 Å². The van der Waals surface area contributed by atoms with Crippen LogP contribution in [0.15, 0.2) is 0 Å². The van der Waals surface area contributed by atoms with Gasteiger partial charge in [0.1, 0.15) is 0 Å². The molecule has 0 amide bonds. The molecule has 0 aromatic carbocycles. The van der Waals surface area contributed by atoms with Gasteiger partial charge in [0.15, 0.2) is 14.1 Å². The Morgan fingerprint density at radius 1 is 0.857 bits per heavy atom. The third kappa shape index (κ3) is 4.04. The van der Waals surface area contributed by atoms with Gasteiger partial charge in [-0.3, -0.25) is 0 Å². The normalized spacial score (nSPS) is 50.1. The summed E-state index contributed by atoms with van der Waals surface area (Å²) in [5, 5.41) is 10.9. The van der Waals surface area contributed by atoms with Crippen LogP contribution in [0.5, 0.6) is 0 Å². The van der Waals surface area contributed by atoms with Crippen molar-refractivity contribution in [2.45, 2.75) is 149 Å². The topological polar surface area (TPSA) is 47.9 Å². The first kappa shape index (κ1) is 26.7. The van der Waals surface area contributed by atoms with Gasteiger partial charge in [-0.15, -0.1) is 0 Å². The van der Waals surface area contributed by atoms with E-state index in [1.165, 1.54) is 32.1 Å². The highest BCUT2D eigenvalue weighted by atomic mass is 28.4. The second-order valence-corrected chi connectivity index (χ2v) is 20.5. The highest BCUT2D eigenvalue weighted by Gasteiger charge is 2.68. The molecule has 1 heterocycles. The second kappa shape index (κ2) is 8.28. The smallest absolute Gasteiger partial charge is 0.192 e. The maximum Gasteiger partial charge on any atom is 0.192 e. The van der Waals surface area contributed by atoms with Crippen LogP contribution in [0.1, 0.15) is 100 Å². The molecular formula is C30H54O4Si. The number of aliphatic hydroxyl groups is 1. The summed E-state index contributed by atoms with van der Waals surface area (Å²) in [4.78, 5) is 0. The lowest BCUT2D eigenvalue weighted by atomic mass is 9.43. The van der Waals surface area contributed by atoms with Gasteiger partial charge < -0.3 is 19.0 Å². The highest BCUT2D eigenvalue weighted by molar-refractivity contribution is 6.74. The third-order valence-corrected chi connectivity index (χ3v) is 16.9. The molecule has 5 unspecified atom stereocenters. The molecule has 11 atom stereocenters. The van der Waals surface area contributed by atoms with Crippen molar-refractivity contribution in [2.75, 3.05) is 0 Å². The van der Waals surface area contributed by atoms with Gasteiger partial charge in [-0.2, -0.15) is 0 Å². The molecule has 1 saturated heterocycles. The monoisotopic (exact) mass is 506 g/mol. The van der Waals surface area contributed by atoms with Crippen LogP contribution in [-0.4, -0.2) is 43.6 Å². The van der Waals surface area contributed by atoms with E-state index in [0.29, 0.717) is 35.7 Å². The van der Waals surface area contributed by atoms with E-state index in [1.807, 2.05) is 6.92 Å². The first-order valence-corrected chi connectivity index (χ1v) is 17.6. The SMILES string of the molecule is CC(O)[C@H]1CCC2C3C(CC[C@@]21C)[C@@]1(C)CC[C@H](O[Si](C)(C)C(C)(C)C)CC1[C@H]1OC(C)(C)O[C@H]31. The summed E-state index contributed by atoms with van der Waals surface area (Å²) in [7, 11) is -1.81. The van der Waals surface area contributed by atoms with Gasteiger partial charge in [0.25, 0.3) is 0 Å². The molecule has 0 radical (unpaired) electrons. The number of hydrogen-bond donors (Lipinski definition) is 1. The Hall–Kier alpha value is 0.0569. The van der Waals surface area contributed by atoms with E-state index in [-0.39, 0.29) is 34.2 Å². The van der Waals surface area contributed by atoms with E-state index in [0.717, 1.165) is 12.8 Å². The van der Waals surface area contributed by atoms with Crippen LogP contribution in [0.4, 0.5) is 0 Å². The summed E-state index contributed by atoms with van der Waals surface area (Å²) in [6.45, 7) is 23.2. The summed E-state index contributed by atoms with van der Waals surface area (Å²) in [6, 6.07) is 0. The molecule has 202 valence electrons. The summed E-state index contributed by atoms with van der Waals surface area (Å²) >= 11 is 0. The van der Waals surface area contributed by atoms with Crippen molar-refractivity contribution in [2.24, 2.45) is 40.4 Å². The largest absolute Gasteiger partial charge is 0.414 e. The van der Waals surface area contributed by atoms with Gasteiger partial charge in [0.2, 0.25) is 0 Å². The first-order valence-electron chi connectivity index (χ1n) is 14.7. The Kier molecular flexibility index (Phi) is 6.30. The molecule has 5 fully saturated rings. The molecule has 5 heteroatoms. The molecule has 1 aliphatic heterocycles. The zero-order valence-corrected chi connectivity index (χ0v) is 25.3. The van der Waals surface area contributed by atoms with Gasteiger partial charge >= 0.3 is 0 Å². The minimum absolute atomic E-state index is 0.162.